The highest BCUT2D eigenvalue weighted by Crippen LogP contribution is 2.24. The van der Waals surface area contributed by atoms with Crippen LogP contribution in [0.5, 0.6) is 5.75 Å². The average Bonchev–Trinajstić information content (AvgIpc) is 2.68. The van der Waals surface area contributed by atoms with E-state index >= 15 is 0 Å². The van der Waals surface area contributed by atoms with Crippen molar-refractivity contribution in [3.63, 3.8) is 0 Å². The second-order valence-corrected chi connectivity index (χ2v) is 6.66. The van der Waals surface area contributed by atoms with Crippen LogP contribution in [-0.2, 0) is 16.0 Å². The van der Waals surface area contributed by atoms with Gasteiger partial charge >= 0.3 is 5.63 Å². The van der Waals surface area contributed by atoms with Gasteiger partial charge in [0.2, 0.25) is 5.91 Å². The van der Waals surface area contributed by atoms with E-state index in [1.54, 1.807) is 13.2 Å². The Balaban J connectivity index is 1.57. The van der Waals surface area contributed by atoms with Crippen molar-refractivity contribution in [3.05, 3.63) is 39.7 Å². The standard InChI is InChI=1S/C20H26N2O5/c1-14-16-4-3-15(25-2)13-18(16)27-20(24)17(14)5-6-19(23)21-7-8-22-9-11-26-12-10-22/h3-4,13H,5-12H2,1-2H3,(H,21,23). The maximum absolute atomic E-state index is 12.3. The number of fused-ring (bicyclic) bond motifs is 1. The minimum absolute atomic E-state index is 0.0584. The van der Waals surface area contributed by atoms with Crippen LogP contribution in [0.25, 0.3) is 11.0 Å². The number of ether oxygens (including phenoxy) is 2. The maximum Gasteiger partial charge on any atom is 0.339 e. The fourth-order valence-electron chi connectivity index (χ4n) is 3.30. The zero-order valence-electron chi connectivity index (χ0n) is 15.9. The number of nitrogens with one attached hydrogen (secondary N) is 1. The summed E-state index contributed by atoms with van der Waals surface area (Å²) in [7, 11) is 1.57. The lowest BCUT2D eigenvalue weighted by atomic mass is 10.0. The summed E-state index contributed by atoms with van der Waals surface area (Å²) in [5.41, 5.74) is 1.51. The molecule has 0 saturated carbocycles. The van der Waals surface area contributed by atoms with Gasteiger partial charge in [-0.15, -0.1) is 0 Å². The highest BCUT2D eigenvalue weighted by Gasteiger charge is 2.14. The molecule has 0 spiro atoms. The van der Waals surface area contributed by atoms with Crippen LogP contribution in [0.15, 0.2) is 27.4 Å². The Hall–Kier alpha value is -2.38. The Bertz CT molecular complexity index is 855. The van der Waals surface area contributed by atoms with Gasteiger partial charge in [-0.05, 0) is 31.0 Å². The summed E-state index contributed by atoms with van der Waals surface area (Å²) in [5, 5.41) is 3.78. The topological polar surface area (TPSA) is 81.0 Å². The summed E-state index contributed by atoms with van der Waals surface area (Å²) in [5.74, 6) is 0.578. The number of carbonyl (C=O) groups excluding carboxylic acids is 1. The van der Waals surface area contributed by atoms with Crippen molar-refractivity contribution in [3.8, 4) is 5.75 Å². The number of rotatable bonds is 7. The first kappa shape index (κ1) is 19.4. The third-order valence-electron chi connectivity index (χ3n) is 4.95. The lowest BCUT2D eigenvalue weighted by molar-refractivity contribution is -0.121. The van der Waals surface area contributed by atoms with Gasteiger partial charge in [0.15, 0.2) is 0 Å². The number of benzene rings is 1. The number of hydrogen-bond acceptors (Lipinski definition) is 6. The van der Waals surface area contributed by atoms with E-state index in [1.165, 1.54) is 0 Å². The molecule has 0 radical (unpaired) electrons. The number of methoxy groups -OCH3 is 1. The Labute approximate surface area is 158 Å². The lowest BCUT2D eigenvalue weighted by Gasteiger charge is -2.26. The van der Waals surface area contributed by atoms with Crippen molar-refractivity contribution >= 4 is 16.9 Å². The highest BCUT2D eigenvalue weighted by molar-refractivity contribution is 5.82. The summed E-state index contributed by atoms with van der Waals surface area (Å²) in [4.78, 5) is 26.7. The zero-order valence-corrected chi connectivity index (χ0v) is 15.9. The van der Waals surface area contributed by atoms with Crippen molar-refractivity contribution in [2.45, 2.75) is 19.8 Å². The number of nitrogens with zero attached hydrogens (tertiary/aromatic N) is 1. The predicted octanol–water partition coefficient (Wildman–Crippen LogP) is 1.49. The maximum atomic E-state index is 12.3. The zero-order chi connectivity index (χ0) is 19.2. The van der Waals surface area contributed by atoms with Gasteiger partial charge in [0.05, 0.1) is 20.3 Å². The molecule has 0 unspecified atom stereocenters. The molecule has 1 aromatic carbocycles. The molecule has 1 N–H and O–H groups in total. The first-order valence-electron chi connectivity index (χ1n) is 9.25. The highest BCUT2D eigenvalue weighted by atomic mass is 16.5. The summed E-state index contributed by atoms with van der Waals surface area (Å²) >= 11 is 0. The summed E-state index contributed by atoms with van der Waals surface area (Å²) in [6.45, 7) is 6.60. The van der Waals surface area contributed by atoms with Crippen molar-refractivity contribution in [1.82, 2.24) is 10.2 Å². The minimum atomic E-state index is -0.394. The molecule has 2 aromatic rings. The summed E-state index contributed by atoms with van der Waals surface area (Å²) in [6, 6.07) is 5.40. The van der Waals surface area contributed by atoms with Gasteiger partial charge in [-0.3, -0.25) is 9.69 Å². The SMILES string of the molecule is COc1ccc2c(C)c(CCC(=O)NCCN3CCOCC3)c(=O)oc2c1. The largest absolute Gasteiger partial charge is 0.497 e. The Morgan fingerprint density at radius 2 is 2.07 bits per heavy atom. The molecule has 1 saturated heterocycles. The van der Waals surface area contributed by atoms with Crippen LogP contribution in [0.1, 0.15) is 17.5 Å². The third kappa shape index (κ3) is 4.87. The average molecular weight is 374 g/mol. The van der Waals surface area contributed by atoms with Crippen molar-refractivity contribution < 1.29 is 18.7 Å². The van der Waals surface area contributed by atoms with Crippen LogP contribution in [-0.4, -0.2) is 57.3 Å². The molecule has 1 amide bonds. The number of aryl methyl sites for hydroxylation is 1. The molecular weight excluding hydrogens is 348 g/mol. The first-order valence-corrected chi connectivity index (χ1v) is 9.25. The number of hydrogen-bond donors (Lipinski definition) is 1. The Kier molecular flexibility index (Phi) is 6.47. The van der Waals surface area contributed by atoms with Crippen LogP contribution in [0.2, 0.25) is 0 Å². The molecule has 1 aliphatic rings. The molecule has 1 fully saturated rings. The van der Waals surface area contributed by atoms with E-state index in [-0.39, 0.29) is 12.3 Å². The lowest BCUT2D eigenvalue weighted by Crippen LogP contribution is -2.41. The van der Waals surface area contributed by atoms with E-state index in [9.17, 15) is 9.59 Å². The van der Waals surface area contributed by atoms with Gasteiger partial charge in [0.25, 0.3) is 0 Å². The molecule has 0 aliphatic carbocycles. The summed E-state index contributed by atoms with van der Waals surface area (Å²) < 4.78 is 15.9. The van der Waals surface area contributed by atoms with E-state index in [0.717, 1.165) is 43.8 Å². The van der Waals surface area contributed by atoms with Gasteiger partial charge in [-0.1, -0.05) is 0 Å². The number of morpholine rings is 1. The van der Waals surface area contributed by atoms with Crippen LogP contribution in [0.3, 0.4) is 0 Å². The predicted molar refractivity (Wildman–Crippen MR) is 102 cm³/mol. The van der Waals surface area contributed by atoms with Gasteiger partial charge in [-0.2, -0.15) is 0 Å². The summed E-state index contributed by atoms with van der Waals surface area (Å²) in [6.07, 6.45) is 0.621. The van der Waals surface area contributed by atoms with Crippen molar-refractivity contribution in [1.29, 1.82) is 0 Å². The number of carbonyl (C=O) groups is 1. The Morgan fingerprint density at radius 3 is 2.81 bits per heavy atom. The van der Waals surface area contributed by atoms with E-state index < -0.39 is 5.63 Å². The second kappa shape index (κ2) is 9.01. The van der Waals surface area contributed by atoms with Gasteiger partial charge in [0.1, 0.15) is 11.3 Å². The molecular formula is C20H26N2O5. The smallest absolute Gasteiger partial charge is 0.339 e. The minimum Gasteiger partial charge on any atom is -0.497 e. The van der Waals surface area contributed by atoms with E-state index in [0.29, 0.717) is 29.9 Å². The molecule has 1 aliphatic heterocycles. The second-order valence-electron chi connectivity index (χ2n) is 6.66. The monoisotopic (exact) mass is 374 g/mol. The van der Waals surface area contributed by atoms with Crippen molar-refractivity contribution in [2.24, 2.45) is 0 Å². The molecule has 146 valence electrons. The molecule has 3 rings (SSSR count). The molecule has 2 heterocycles. The number of amides is 1. The van der Waals surface area contributed by atoms with Crippen LogP contribution >= 0.6 is 0 Å². The Morgan fingerprint density at radius 1 is 1.30 bits per heavy atom. The van der Waals surface area contributed by atoms with E-state index in [1.807, 2.05) is 19.1 Å². The van der Waals surface area contributed by atoms with Gasteiger partial charge < -0.3 is 19.2 Å². The quantitative estimate of drug-likeness (QED) is 0.740. The molecule has 7 heteroatoms. The fourth-order valence-corrected chi connectivity index (χ4v) is 3.30. The fraction of sp³-hybridized carbons (Fsp3) is 0.500. The molecule has 0 atom stereocenters. The third-order valence-corrected chi connectivity index (χ3v) is 4.95. The van der Waals surface area contributed by atoms with Crippen LogP contribution in [0.4, 0.5) is 0 Å². The van der Waals surface area contributed by atoms with Crippen LogP contribution < -0.4 is 15.7 Å². The van der Waals surface area contributed by atoms with E-state index in [4.69, 9.17) is 13.9 Å². The van der Waals surface area contributed by atoms with E-state index in [2.05, 4.69) is 10.2 Å². The molecule has 7 nitrogen and oxygen atoms in total. The van der Waals surface area contributed by atoms with Gasteiger partial charge in [-0.25, -0.2) is 4.79 Å². The normalized spacial score (nSPS) is 15.0. The van der Waals surface area contributed by atoms with Crippen LogP contribution in [0, 0.1) is 6.92 Å². The first-order chi connectivity index (χ1) is 13.1. The molecule has 1 aromatic heterocycles. The molecule has 27 heavy (non-hydrogen) atoms. The molecule has 0 bridgehead atoms. The van der Waals surface area contributed by atoms with Gasteiger partial charge in [0, 0.05) is 49.6 Å². The van der Waals surface area contributed by atoms with Crippen molar-refractivity contribution in [2.75, 3.05) is 46.5 Å².